The molecule has 0 aliphatic heterocycles. The molecule has 0 saturated carbocycles. The van der Waals surface area contributed by atoms with Gasteiger partial charge in [0.05, 0.1) is 27.2 Å². The molecule has 0 radical (unpaired) electrons. The average Bonchev–Trinajstić information content (AvgIpc) is 2.86. The standard InChI is InChI=1S/C27H19IN2O4/c1-33-26-14-18(12-22(16-29)20-8-5-10-23(15-20)30(31)32)13-25(28)27(26)34-17-21-9-4-7-19-6-2-3-11-24(19)21/h2-15H,17H2,1H3/b22-12-. The molecule has 0 atom stereocenters. The molecule has 0 aliphatic rings. The molecule has 4 aromatic carbocycles. The number of nitro groups is 1. The number of nitro benzene ring substituents is 1. The minimum atomic E-state index is -0.480. The van der Waals surface area contributed by atoms with Crippen molar-refractivity contribution in [2.45, 2.75) is 6.61 Å². The van der Waals surface area contributed by atoms with Crippen LogP contribution < -0.4 is 9.47 Å². The Kier molecular flexibility index (Phi) is 7.09. The Bertz CT molecular complexity index is 1450. The molecule has 0 unspecified atom stereocenters. The van der Waals surface area contributed by atoms with Crippen LogP contribution >= 0.6 is 22.6 Å². The summed E-state index contributed by atoms with van der Waals surface area (Å²) >= 11 is 2.18. The van der Waals surface area contributed by atoms with E-state index in [0.717, 1.165) is 25.5 Å². The van der Waals surface area contributed by atoms with E-state index in [1.807, 2.05) is 30.3 Å². The number of hydrogen-bond acceptors (Lipinski definition) is 5. The largest absolute Gasteiger partial charge is 0.493 e. The highest BCUT2D eigenvalue weighted by Gasteiger charge is 2.14. The normalized spacial score (nSPS) is 11.1. The highest BCUT2D eigenvalue weighted by molar-refractivity contribution is 14.1. The molecule has 0 heterocycles. The van der Waals surface area contributed by atoms with Gasteiger partial charge >= 0.3 is 0 Å². The third kappa shape index (κ3) is 5.02. The molecule has 0 aliphatic carbocycles. The Morgan fingerprint density at radius 3 is 2.62 bits per heavy atom. The van der Waals surface area contributed by atoms with Crippen LogP contribution in [0.3, 0.4) is 0 Å². The van der Waals surface area contributed by atoms with Crippen molar-refractivity contribution in [2.75, 3.05) is 7.11 Å². The summed E-state index contributed by atoms with van der Waals surface area (Å²) in [6, 6.07) is 26.1. The second-order valence-electron chi connectivity index (χ2n) is 7.44. The van der Waals surface area contributed by atoms with E-state index >= 15 is 0 Å². The van der Waals surface area contributed by atoms with E-state index in [1.54, 1.807) is 31.4 Å². The number of fused-ring (bicyclic) bond motifs is 1. The fraction of sp³-hybridized carbons (Fsp3) is 0.0741. The van der Waals surface area contributed by atoms with Crippen molar-refractivity contribution < 1.29 is 14.4 Å². The van der Waals surface area contributed by atoms with E-state index in [4.69, 9.17) is 9.47 Å². The minimum Gasteiger partial charge on any atom is -0.493 e. The summed E-state index contributed by atoms with van der Waals surface area (Å²) in [5, 5.41) is 23.1. The summed E-state index contributed by atoms with van der Waals surface area (Å²) in [6.07, 6.45) is 1.68. The van der Waals surface area contributed by atoms with Gasteiger partial charge in [-0.1, -0.05) is 54.6 Å². The van der Waals surface area contributed by atoms with Crippen LogP contribution in [0, 0.1) is 25.0 Å². The van der Waals surface area contributed by atoms with Crippen LogP contribution in [0.25, 0.3) is 22.4 Å². The van der Waals surface area contributed by atoms with Gasteiger partial charge in [-0.2, -0.15) is 5.26 Å². The molecule has 4 rings (SSSR count). The van der Waals surface area contributed by atoms with Gasteiger partial charge in [0, 0.05) is 12.1 Å². The zero-order valence-corrected chi connectivity index (χ0v) is 20.4. The zero-order chi connectivity index (χ0) is 24.1. The first-order valence-electron chi connectivity index (χ1n) is 10.3. The van der Waals surface area contributed by atoms with Crippen LogP contribution in [0.5, 0.6) is 11.5 Å². The summed E-state index contributed by atoms with van der Waals surface area (Å²) in [4.78, 5) is 10.6. The number of allylic oxidation sites excluding steroid dienone is 1. The smallest absolute Gasteiger partial charge is 0.270 e. The number of nitrogens with zero attached hydrogens (tertiary/aromatic N) is 2. The Hall–Kier alpha value is -3.90. The van der Waals surface area contributed by atoms with Gasteiger partial charge in [0.25, 0.3) is 5.69 Å². The molecular weight excluding hydrogens is 543 g/mol. The van der Waals surface area contributed by atoms with Crippen molar-refractivity contribution in [3.8, 4) is 17.6 Å². The Labute approximate surface area is 210 Å². The summed E-state index contributed by atoms with van der Waals surface area (Å²) in [7, 11) is 1.56. The summed E-state index contributed by atoms with van der Waals surface area (Å²) in [6.45, 7) is 0.375. The van der Waals surface area contributed by atoms with Crippen LogP contribution in [0.4, 0.5) is 5.69 Å². The maximum atomic E-state index is 11.1. The summed E-state index contributed by atoms with van der Waals surface area (Å²) in [5.74, 6) is 1.15. The lowest BCUT2D eigenvalue weighted by atomic mass is 10.0. The van der Waals surface area contributed by atoms with E-state index in [9.17, 15) is 15.4 Å². The minimum absolute atomic E-state index is 0.0667. The molecule has 6 nitrogen and oxygen atoms in total. The second-order valence-corrected chi connectivity index (χ2v) is 8.60. The molecule has 168 valence electrons. The Morgan fingerprint density at radius 2 is 1.85 bits per heavy atom. The van der Waals surface area contributed by atoms with Crippen molar-refractivity contribution in [3.63, 3.8) is 0 Å². The maximum Gasteiger partial charge on any atom is 0.270 e. The predicted octanol–water partition coefficient (Wildman–Crippen LogP) is 7.00. The number of rotatable bonds is 7. The van der Waals surface area contributed by atoms with Crippen molar-refractivity contribution >= 4 is 50.7 Å². The predicted molar refractivity (Wildman–Crippen MR) is 141 cm³/mol. The molecule has 4 aromatic rings. The number of ether oxygens (including phenoxy) is 2. The number of benzene rings is 4. The fourth-order valence-electron chi connectivity index (χ4n) is 3.67. The van der Waals surface area contributed by atoms with Gasteiger partial charge in [0.15, 0.2) is 11.5 Å². The van der Waals surface area contributed by atoms with Crippen LogP contribution in [-0.2, 0) is 6.61 Å². The highest BCUT2D eigenvalue weighted by Crippen LogP contribution is 2.36. The van der Waals surface area contributed by atoms with Gasteiger partial charge in [0.1, 0.15) is 6.61 Å². The summed E-state index contributed by atoms with van der Waals surface area (Å²) < 4.78 is 12.6. The average molecular weight is 562 g/mol. The number of non-ortho nitro benzene ring substituents is 1. The highest BCUT2D eigenvalue weighted by atomic mass is 127. The van der Waals surface area contributed by atoms with Crippen molar-refractivity contribution in [3.05, 3.63) is 109 Å². The molecule has 7 heteroatoms. The second kappa shape index (κ2) is 10.4. The first-order chi connectivity index (χ1) is 16.5. The monoisotopic (exact) mass is 562 g/mol. The molecule has 0 spiro atoms. The molecule has 0 fully saturated rings. The molecule has 0 saturated heterocycles. The van der Waals surface area contributed by atoms with Crippen molar-refractivity contribution in [1.29, 1.82) is 5.26 Å². The molecule has 0 bridgehead atoms. The molecule has 0 N–H and O–H groups in total. The van der Waals surface area contributed by atoms with Gasteiger partial charge in [-0.15, -0.1) is 0 Å². The first-order valence-corrected chi connectivity index (χ1v) is 11.4. The first kappa shape index (κ1) is 23.3. The summed E-state index contributed by atoms with van der Waals surface area (Å²) in [5.41, 5.74) is 2.51. The van der Waals surface area contributed by atoms with E-state index in [-0.39, 0.29) is 5.69 Å². The van der Waals surface area contributed by atoms with Gasteiger partial charge in [-0.3, -0.25) is 10.1 Å². The van der Waals surface area contributed by atoms with Crippen LogP contribution in [-0.4, -0.2) is 12.0 Å². The molecule has 34 heavy (non-hydrogen) atoms. The van der Waals surface area contributed by atoms with Crippen LogP contribution in [0.1, 0.15) is 16.7 Å². The van der Waals surface area contributed by atoms with Gasteiger partial charge < -0.3 is 9.47 Å². The van der Waals surface area contributed by atoms with Gasteiger partial charge in [-0.25, -0.2) is 0 Å². The lowest BCUT2D eigenvalue weighted by molar-refractivity contribution is -0.384. The van der Waals surface area contributed by atoms with Crippen molar-refractivity contribution in [1.82, 2.24) is 0 Å². The van der Waals surface area contributed by atoms with E-state index in [1.165, 1.54) is 12.1 Å². The number of halogens is 1. The quantitative estimate of drug-likeness (QED) is 0.0796. The van der Waals surface area contributed by atoms with E-state index < -0.39 is 4.92 Å². The van der Waals surface area contributed by atoms with Gasteiger partial charge in [-0.05, 0) is 68.3 Å². The molecule has 0 amide bonds. The SMILES string of the molecule is COc1cc(/C=C(/C#N)c2cccc([N+](=O)[O-])c2)cc(I)c1OCc1cccc2ccccc12. The number of nitriles is 1. The van der Waals surface area contributed by atoms with Crippen LogP contribution in [0.2, 0.25) is 0 Å². The molecular formula is C27H19IN2O4. The molecule has 0 aromatic heterocycles. The fourth-order valence-corrected chi connectivity index (χ4v) is 4.45. The maximum absolute atomic E-state index is 11.1. The third-order valence-corrected chi connectivity index (χ3v) is 6.10. The third-order valence-electron chi connectivity index (χ3n) is 5.30. The Morgan fingerprint density at radius 1 is 1.09 bits per heavy atom. The Balaban J connectivity index is 1.64. The van der Waals surface area contributed by atoms with Crippen molar-refractivity contribution in [2.24, 2.45) is 0 Å². The number of hydrogen-bond donors (Lipinski definition) is 0. The van der Waals surface area contributed by atoms with Crippen LogP contribution in [0.15, 0.2) is 78.9 Å². The van der Waals surface area contributed by atoms with E-state index in [2.05, 4.69) is 46.9 Å². The lowest BCUT2D eigenvalue weighted by Crippen LogP contribution is -2.01. The number of methoxy groups -OCH3 is 1. The lowest BCUT2D eigenvalue weighted by Gasteiger charge is -2.15. The van der Waals surface area contributed by atoms with Gasteiger partial charge in [0.2, 0.25) is 0 Å². The topological polar surface area (TPSA) is 85.4 Å². The zero-order valence-electron chi connectivity index (χ0n) is 18.2. The van der Waals surface area contributed by atoms with E-state index in [0.29, 0.717) is 29.2 Å².